The van der Waals surface area contributed by atoms with Gasteiger partial charge in [0.25, 0.3) is 5.91 Å². The smallest absolute Gasteiger partial charge is 0.251 e. The summed E-state index contributed by atoms with van der Waals surface area (Å²) in [5.41, 5.74) is 2.85. The number of aryl methyl sites for hydroxylation is 1. The molecule has 5 nitrogen and oxygen atoms in total. The van der Waals surface area contributed by atoms with Crippen LogP contribution in [0.1, 0.15) is 21.5 Å². The van der Waals surface area contributed by atoms with Gasteiger partial charge in [-0.2, -0.15) is 11.8 Å². The van der Waals surface area contributed by atoms with E-state index in [1.165, 1.54) is 37.4 Å². The molecule has 0 saturated heterocycles. The topological polar surface area (TPSA) is 66.5 Å². The molecule has 2 aromatic carbocycles. The molecular formula is C19H24N2O3S2. The Balaban J connectivity index is 1.85. The Morgan fingerprint density at radius 2 is 1.85 bits per heavy atom. The summed E-state index contributed by atoms with van der Waals surface area (Å²) in [5.74, 6) is 1.42. The van der Waals surface area contributed by atoms with Crippen LogP contribution in [0, 0.1) is 6.92 Å². The van der Waals surface area contributed by atoms with E-state index >= 15 is 0 Å². The number of nitrogens with one attached hydrogen (secondary N) is 1. The highest BCUT2D eigenvalue weighted by molar-refractivity contribution is 7.98. The quantitative estimate of drug-likeness (QED) is 0.702. The van der Waals surface area contributed by atoms with Crippen LogP contribution in [0.15, 0.2) is 53.4 Å². The molecule has 0 fully saturated rings. The van der Waals surface area contributed by atoms with E-state index in [1.807, 2.05) is 6.07 Å². The average Bonchev–Trinajstić information content (AvgIpc) is 2.61. The molecule has 2 rings (SSSR count). The summed E-state index contributed by atoms with van der Waals surface area (Å²) in [4.78, 5) is 12.4. The molecule has 2 aromatic rings. The van der Waals surface area contributed by atoms with Gasteiger partial charge in [-0.3, -0.25) is 4.79 Å². The minimum atomic E-state index is -3.55. The largest absolute Gasteiger partial charge is 0.351 e. The van der Waals surface area contributed by atoms with Gasteiger partial charge in [0.15, 0.2) is 0 Å². The summed E-state index contributed by atoms with van der Waals surface area (Å²) in [7, 11) is -0.615. The zero-order valence-electron chi connectivity index (χ0n) is 15.2. The number of amides is 1. The second-order valence-electron chi connectivity index (χ2n) is 6.11. The number of benzene rings is 2. The lowest BCUT2D eigenvalue weighted by Crippen LogP contribution is -2.26. The second kappa shape index (κ2) is 9.21. The van der Waals surface area contributed by atoms with E-state index in [-0.39, 0.29) is 10.8 Å². The summed E-state index contributed by atoms with van der Waals surface area (Å²) in [6.45, 7) is 2.60. The molecule has 0 atom stereocenters. The first-order chi connectivity index (χ1) is 12.3. The van der Waals surface area contributed by atoms with E-state index in [0.717, 1.165) is 15.8 Å². The molecule has 0 aliphatic rings. The molecule has 0 saturated carbocycles. The molecule has 1 amide bonds. The van der Waals surface area contributed by atoms with Crippen LogP contribution in [-0.4, -0.2) is 45.0 Å². The van der Waals surface area contributed by atoms with Crippen LogP contribution in [0.25, 0.3) is 0 Å². The van der Waals surface area contributed by atoms with Gasteiger partial charge in [-0.25, -0.2) is 12.7 Å². The van der Waals surface area contributed by atoms with Crippen molar-refractivity contribution in [2.75, 3.05) is 26.4 Å². The lowest BCUT2D eigenvalue weighted by Gasteiger charge is -2.12. The molecule has 0 aliphatic heterocycles. The van der Waals surface area contributed by atoms with Crippen LogP contribution in [0.4, 0.5) is 0 Å². The minimum absolute atomic E-state index is 0.115. The summed E-state index contributed by atoms with van der Waals surface area (Å²) in [6.07, 6.45) is 0. The fraction of sp³-hybridized carbons (Fsp3) is 0.316. The molecule has 0 heterocycles. The highest BCUT2D eigenvalue weighted by Gasteiger charge is 2.18. The van der Waals surface area contributed by atoms with E-state index in [4.69, 9.17) is 0 Å². The van der Waals surface area contributed by atoms with E-state index in [2.05, 4.69) is 30.4 Å². The predicted molar refractivity (Wildman–Crippen MR) is 107 cm³/mol. The Labute approximate surface area is 159 Å². The highest BCUT2D eigenvalue weighted by atomic mass is 32.2. The number of carbonyl (C=O) groups excluding carboxylic acids is 1. The molecule has 26 heavy (non-hydrogen) atoms. The van der Waals surface area contributed by atoms with Crippen LogP contribution in [0.5, 0.6) is 0 Å². The molecular weight excluding hydrogens is 368 g/mol. The molecule has 0 radical (unpaired) electrons. The fourth-order valence-corrected chi connectivity index (χ4v) is 4.09. The van der Waals surface area contributed by atoms with Gasteiger partial charge >= 0.3 is 0 Å². The zero-order valence-corrected chi connectivity index (χ0v) is 16.9. The molecule has 1 N–H and O–H groups in total. The van der Waals surface area contributed by atoms with Crippen LogP contribution in [-0.2, 0) is 15.8 Å². The highest BCUT2D eigenvalue weighted by Crippen LogP contribution is 2.15. The average molecular weight is 393 g/mol. The SMILES string of the molecule is Cc1cccc(CSCCNC(=O)c2cccc(S(=O)(=O)N(C)C)c2)c1. The zero-order chi connectivity index (χ0) is 19.2. The monoisotopic (exact) mass is 392 g/mol. The van der Waals surface area contributed by atoms with Crippen LogP contribution < -0.4 is 5.32 Å². The summed E-state index contributed by atoms with van der Waals surface area (Å²) < 4.78 is 25.4. The van der Waals surface area contributed by atoms with Crippen LogP contribution >= 0.6 is 11.8 Å². The molecule has 7 heteroatoms. The van der Waals surface area contributed by atoms with Crippen molar-refractivity contribution in [3.8, 4) is 0 Å². The first kappa shape index (κ1) is 20.5. The number of carbonyl (C=O) groups is 1. The first-order valence-corrected chi connectivity index (χ1v) is 10.8. The number of thioether (sulfide) groups is 1. The van der Waals surface area contributed by atoms with Gasteiger partial charge in [0.2, 0.25) is 10.0 Å². The number of rotatable bonds is 8. The minimum Gasteiger partial charge on any atom is -0.351 e. The van der Waals surface area contributed by atoms with Crippen molar-refractivity contribution in [3.05, 3.63) is 65.2 Å². The van der Waals surface area contributed by atoms with Crippen molar-refractivity contribution in [2.24, 2.45) is 0 Å². The van der Waals surface area contributed by atoms with Crippen molar-refractivity contribution in [1.29, 1.82) is 0 Å². The summed E-state index contributed by atoms with van der Waals surface area (Å²) in [6, 6.07) is 14.5. The molecule has 0 aliphatic carbocycles. The summed E-state index contributed by atoms with van der Waals surface area (Å²) in [5, 5.41) is 2.84. The number of sulfonamides is 1. The van der Waals surface area contributed by atoms with Crippen LogP contribution in [0.2, 0.25) is 0 Å². The van der Waals surface area contributed by atoms with Gasteiger partial charge in [-0.15, -0.1) is 0 Å². The number of nitrogens with zero attached hydrogens (tertiary/aromatic N) is 1. The standard InChI is InChI=1S/C19H24N2O3S2/c1-15-6-4-7-16(12-15)14-25-11-10-20-19(22)17-8-5-9-18(13-17)26(23,24)21(2)3/h4-9,12-13H,10-11,14H2,1-3H3,(H,20,22). The third-order valence-electron chi connectivity index (χ3n) is 3.76. The number of hydrogen-bond donors (Lipinski definition) is 1. The van der Waals surface area contributed by atoms with Crippen molar-refractivity contribution in [2.45, 2.75) is 17.6 Å². The predicted octanol–water partition coefficient (Wildman–Crippen LogP) is 2.91. The van der Waals surface area contributed by atoms with Gasteiger partial charge in [0.05, 0.1) is 4.90 Å². The lowest BCUT2D eigenvalue weighted by atomic mass is 10.2. The van der Waals surface area contributed by atoms with Gasteiger partial charge in [-0.1, -0.05) is 35.9 Å². The van der Waals surface area contributed by atoms with Crippen LogP contribution in [0.3, 0.4) is 0 Å². The Hall–Kier alpha value is -1.83. The second-order valence-corrected chi connectivity index (χ2v) is 9.37. The Kier molecular flexibility index (Phi) is 7.25. The maximum atomic E-state index is 12.2. The maximum Gasteiger partial charge on any atom is 0.251 e. The summed E-state index contributed by atoms with van der Waals surface area (Å²) >= 11 is 1.75. The maximum absolute atomic E-state index is 12.2. The third-order valence-corrected chi connectivity index (χ3v) is 6.60. The van der Waals surface area contributed by atoms with Gasteiger partial charge in [0, 0.05) is 37.7 Å². The lowest BCUT2D eigenvalue weighted by molar-refractivity contribution is 0.0956. The van der Waals surface area contributed by atoms with E-state index in [0.29, 0.717) is 12.1 Å². The molecule has 0 aromatic heterocycles. The van der Waals surface area contributed by atoms with Crippen molar-refractivity contribution in [1.82, 2.24) is 9.62 Å². The van der Waals surface area contributed by atoms with Gasteiger partial charge in [-0.05, 0) is 30.7 Å². The van der Waals surface area contributed by atoms with Crippen molar-refractivity contribution >= 4 is 27.7 Å². The fourth-order valence-electron chi connectivity index (χ4n) is 2.34. The van der Waals surface area contributed by atoms with Crippen molar-refractivity contribution in [3.63, 3.8) is 0 Å². The molecule has 0 unspecified atom stereocenters. The Bertz CT molecular complexity index is 865. The molecule has 0 spiro atoms. The molecule has 0 bridgehead atoms. The first-order valence-electron chi connectivity index (χ1n) is 8.25. The molecule has 140 valence electrons. The Morgan fingerprint density at radius 3 is 2.54 bits per heavy atom. The van der Waals surface area contributed by atoms with Gasteiger partial charge < -0.3 is 5.32 Å². The normalized spacial score (nSPS) is 11.5. The third kappa shape index (κ3) is 5.59. The Morgan fingerprint density at radius 1 is 1.12 bits per heavy atom. The number of hydrogen-bond acceptors (Lipinski definition) is 4. The van der Waals surface area contributed by atoms with Crippen molar-refractivity contribution < 1.29 is 13.2 Å². The van der Waals surface area contributed by atoms with E-state index in [9.17, 15) is 13.2 Å². The van der Waals surface area contributed by atoms with E-state index < -0.39 is 10.0 Å². The van der Waals surface area contributed by atoms with Gasteiger partial charge in [0.1, 0.15) is 0 Å². The van der Waals surface area contributed by atoms with E-state index in [1.54, 1.807) is 23.9 Å².